The van der Waals surface area contributed by atoms with Gasteiger partial charge in [0, 0.05) is 46.8 Å². The Morgan fingerprint density at radius 1 is 1.36 bits per heavy atom. The molecule has 0 amide bonds. The van der Waals surface area contributed by atoms with Gasteiger partial charge in [0.15, 0.2) is 11.1 Å². The summed E-state index contributed by atoms with van der Waals surface area (Å²) >= 11 is 1.66. The van der Waals surface area contributed by atoms with Crippen LogP contribution in [0.15, 0.2) is 10.4 Å². The number of hydrogen-bond donors (Lipinski definition) is 2. The van der Waals surface area contributed by atoms with Crippen LogP contribution in [-0.4, -0.2) is 52.3 Å². The highest BCUT2D eigenvalue weighted by molar-refractivity contribution is 14.0. The maximum atomic E-state index is 5.30. The van der Waals surface area contributed by atoms with Crippen molar-refractivity contribution in [1.29, 1.82) is 0 Å². The van der Waals surface area contributed by atoms with E-state index in [1.165, 1.54) is 25.7 Å². The molecule has 0 bridgehead atoms. The Balaban J connectivity index is 0.00000312. The van der Waals surface area contributed by atoms with E-state index in [9.17, 15) is 0 Å². The highest BCUT2D eigenvalue weighted by Crippen LogP contribution is 2.40. The number of guanidine groups is 1. The lowest BCUT2D eigenvalue weighted by Gasteiger charge is -2.29. The Morgan fingerprint density at radius 3 is 2.64 bits per heavy atom. The second-order valence-electron chi connectivity index (χ2n) is 6.75. The van der Waals surface area contributed by atoms with Gasteiger partial charge in [-0.3, -0.25) is 4.99 Å². The molecule has 1 fully saturated rings. The molecule has 0 aromatic carbocycles. The molecule has 8 heteroatoms. The molecule has 25 heavy (non-hydrogen) atoms. The fourth-order valence-electron chi connectivity index (χ4n) is 3.21. The molecule has 1 aliphatic rings. The smallest absolute Gasteiger partial charge is 0.191 e. The molecule has 144 valence electrons. The normalized spacial score (nSPS) is 16.4. The van der Waals surface area contributed by atoms with E-state index in [0.29, 0.717) is 12.0 Å². The summed E-state index contributed by atoms with van der Waals surface area (Å²) in [6, 6.07) is 0. The molecule has 2 rings (SSSR count). The van der Waals surface area contributed by atoms with E-state index in [4.69, 9.17) is 4.74 Å². The van der Waals surface area contributed by atoms with Crippen LogP contribution in [-0.2, 0) is 11.3 Å². The molecule has 0 spiro atoms. The van der Waals surface area contributed by atoms with Crippen molar-refractivity contribution in [1.82, 2.24) is 15.6 Å². The fraction of sp³-hybridized carbons (Fsp3) is 0.765. The van der Waals surface area contributed by atoms with E-state index in [2.05, 4.69) is 26.0 Å². The first-order valence-electron chi connectivity index (χ1n) is 8.64. The maximum Gasteiger partial charge on any atom is 0.191 e. The molecule has 0 aliphatic heterocycles. The van der Waals surface area contributed by atoms with Gasteiger partial charge in [-0.1, -0.05) is 12.8 Å². The van der Waals surface area contributed by atoms with Gasteiger partial charge >= 0.3 is 0 Å². The van der Waals surface area contributed by atoms with Crippen LogP contribution < -0.4 is 15.5 Å². The summed E-state index contributed by atoms with van der Waals surface area (Å²) in [4.78, 5) is 11.0. The minimum Gasteiger partial charge on any atom is -0.385 e. The van der Waals surface area contributed by atoms with E-state index >= 15 is 0 Å². The maximum absolute atomic E-state index is 5.30. The standard InChI is InChI=1S/C17H31N5OS.HI/c1-18-15(19-11-14-12-24-16(21-14)22(2)3)20-13-17(9-10-23-4)7-5-6-8-17;/h12H,5-11,13H2,1-4H3,(H2,18,19,20);1H. The van der Waals surface area contributed by atoms with Crippen LogP contribution in [0.5, 0.6) is 0 Å². The van der Waals surface area contributed by atoms with Gasteiger partial charge in [-0.05, 0) is 24.7 Å². The number of nitrogens with one attached hydrogen (secondary N) is 2. The lowest BCUT2D eigenvalue weighted by Crippen LogP contribution is -2.43. The largest absolute Gasteiger partial charge is 0.385 e. The number of hydrogen-bond acceptors (Lipinski definition) is 5. The van der Waals surface area contributed by atoms with Crippen LogP contribution >= 0.6 is 35.3 Å². The molecule has 1 aromatic heterocycles. The van der Waals surface area contributed by atoms with Crippen LogP contribution in [0.2, 0.25) is 0 Å². The van der Waals surface area contributed by atoms with E-state index in [0.717, 1.165) is 36.4 Å². The second-order valence-corrected chi connectivity index (χ2v) is 7.58. The van der Waals surface area contributed by atoms with Crippen molar-refractivity contribution in [2.45, 2.75) is 38.6 Å². The van der Waals surface area contributed by atoms with Crippen LogP contribution in [0.25, 0.3) is 0 Å². The first-order chi connectivity index (χ1) is 11.6. The average Bonchev–Trinajstić information content (AvgIpc) is 3.23. The molecule has 1 heterocycles. The number of methoxy groups -OCH3 is 1. The number of halogens is 1. The molecule has 6 nitrogen and oxygen atoms in total. The molecule has 1 aliphatic carbocycles. The van der Waals surface area contributed by atoms with Gasteiger partial charge in [0.05, 0.1) is 12.2 Å². The molecular formula is C17H32IN5OS. The fourth-order valence-corrected chi connectivity index (χ4v) is 3.97. The Labute approximate surface area is 172 Å². The quantitative estimate of drug-likeness (QED) is 0.340. The van der Waals surface area contributed by atoms with Gasteiger partial charge in [0.25, 0.3) is 0 Å². The second kappa shape index (κ2) is 11.2. The van der Waals surface area contributed by atoms with Crippen LogP contribution in [0.3, 0.4) is 0 Å². The van der Waals surface area contributed by atoms with Crippen molar-refractivity contribution in [2.24, 2.45) is 10.4 Å². The molecule has 0 unspecified atom stereocenters. The minimum atomic E-state index is 0. The van der Waals surface area contributed by atoms with Crippen LogP contribution in [0.4, 0.5) is 5.13 Å². The van der Waals surface area contributed by atoms with Crippen molar-refractivity contribution < 1.29 is 4.74 Å². The first kappa shape index (κ1) is 22.4. The van der Waals surface area contributed by atoms with Crippen molar-refractivity contribution >= 4 is 46.4 Å². The number of rotatable bonds is 8. The van der Waals surface area contributed by atoms with Gasteiger partial charge in [-0.2, -0.15) is 0 Å². The Hall–Kier alpha value is -0.610. The van der Waals surface area contributed by atoms with E-state index in [-0.39, 0.29) is 24.0 Å². The zero-order chi connectivity index (χ0) is 17.4. The molecule has 1 saturated carbocycles. The summed E-state index contributed by atoms with van der Waals surface area (Å²) in [5, 5.41) is 9.99. The van der Waals surface area contributed by atoms with Crippen molar-refractivity contribution in [3.05, 3.63) is 11.1 Å². The number of aromatic nitrogens is 1. The Kier molecular flexibility index (Phi) is 10.0. The SMILES string of the molecule is CN=C(NCc1csc(N(C)C)n1)NCC1(CCOC)CCCC1.I. The zero-order valence-electron chi connectivity index (χ0n) is 15.8. The average molecular weight is 481 g/mol. The number of nitrogens with zero attached hydrogens (tertiary/aromatic N) is 3. The van der Waals surface area contributed by atoms with Crippen molar-refractivity contribution in [3.8, 4) is 0 Å². The first-order valence-corrected chi connectivity index (χ1v) is 9.52. The summed E-state index contributed by atoms with van der Waals surface area (Å²) in [5.41, 5.74) is 1.40. The van der Waals surface area contributed by atoms with Gasteiger partial charge < -0.3 is 20.3 Å². The molecule has 1 aromatic rings. The highest BCUT2D eigenvalue weighted by atomic mass is 127. The summed E-state index contributed by atoms with van der Waals surface area (Å²) < 4.78 is 5.30. The van der Waals surface area contributed by atoms with Gasteiger partial charge in [0.1, 0.15) is 0 Å². The van der Waals surface area contributed by atoms with E-state index in [1.807, 2.05) is 26.0 Å². The third kappa shape index (κ3) is 6.90. The lowest BCUT2D eigenvalue weighted by molar-refractivity contribution is 0.138. The Bertz CT molecular complexity index is 529. The van der Waals surface area contributed by atoms with E-state index in [1.54, 1.807) is 18.4 Å². The zero-order valence-corrected chi connectivity index (χ0v) is 18.9. The van der Waals surface area contributed by atoms with Crippen LogP contribution in [0.1, 0.15) is 37.8 Å². The highest BCUT2D eigenvalue weighted by Gasteiger charge is 2.33. The van der Waals surface area contributed by atoms with Crippen LogP contribution in [0, 0.1) is 5.41 Å². The molecule has 0 radical (unpaired) electrons. The van der Waals surface area contributed by atoms with Gasteiger partial charge in [-0.25, -0.2) is 4.98 Å². The number of aliphatic imine (C=N–C) groups is 1. The summed E-state index contributed by atoms with van der Waals surface area (Å²) in [6.07, 6.45) is 6.32. The van der Waals surface area contributed by atoms with Crippen molar-refractivity contribution in [3.63, 3.8) is 0 Å². The summed E-state index contributed by atoms with van der Waals surface area (Å²) in [5.74, 6) is 0.845. The van der Waals surface area contributed by atoms with Gasteiger partial charge in [0.2, 0.25) is 0 Å². The van der Waals surface area contributed by atoms with Gasteiger partial charge in [-0.15, -0.1) is 35.3 Å². The molecule has 2 N–H and O–H groups in total. The summed E-state index contributed by atoms with van der Waals surface area (Å²) in [6.45, 7) is 2.48. The number of thiazole rings is 1. The molecule has 0 atom stereocenters. The molecule has 0 saturated heterocycles. The van der Waals surface area contributed by atoms with Crippen molar-refractivity contribution in [2.75, 3.05) is 46.3 Å². The molecular weight excluding hydrogens is 449 g/mol. The monoisotopic (exact) mass is 481 g/mol. The number of ether oxygens (including phenoxy) is 1. The third-order valence-electron chi connectivity index (χ3n) is 4.71. The number of anilines is 1. The Morgan fingerprint density at radius 2 is 2.08 bits per heavy atom. The summed E-state index contributed by atoms with van der Waals surface area (Å²) in [7, 11) is 7.62. The lowest BCUT2D eigenvalue weighted by atomic mass is 9.83. The third-order valence-corrected chi connectivity index (χ3v) is 5.77. The topological polar surface area (TPSA) is 61.8 Å². The van der Waals surface area contributed by atoms with E-state index < -0.39 is 0 Å². The predicted molar refractivity (Wildman–Crippen MR) is 117 cm³/mol. The predicted octanol–water partition coefficient (Wildman–Crippen LogP) is 3.09. The minimum absolute atomic E-state index is 0.